The van der Waals surface area contributed by atoms with E-state index in [1.807, 2.05) is 32.0 Å². The van der Waals surface area contributed by atoms with Crippen molar-refractivity contribution in [3.63, 3.8) is 0 Å². The number of hydrogen-bond acceptors (Lipinski definition) is 1. The number of aryl methyl sites for hydroxylation is 2. The number of benzene rings is 2. The van der Waals surface area contributed by atoms with Crippen molar-refractivity contribution in [2.45, 2.75) is 20.8 Å². The first-order valence-corrected chi connectivity index (χ1v) is 6.56. The summed E-state index contributed by atoms with van der Waals surface area (Å²) in [4.78, 5) is 11.7. The standard InChI is InChI=1S/C16H17OP/c1-10-9-11(2)15(16(17)18)12(3)14(10)13-7-5-4-6-8-13/h4-9H,18H2,1-3H3. The summed E-state index contributed by atoms with van der Waals surface area (Å²) in [6.07, 6.45) is 0. The lowest BCUT2D eigenvalue weighted by Gasteiger charge is -2.16. The summed E-state index contributed by atoms with van der Waals surface area (Å²) in [5, 5.41) is 0. The maximum absolute atomic E-state index is 11.7. The molecule has 92 valence electrons. The van der Waals surface area contributed by atoms with E-state index in [1.165, 1.54) is 16.7 Å². The van der Waals surface area contributed by atoms with E-state index < -0.39 is 0 Å². The number of hydrogen-bond donors (Lipinski definition) is 0. The summed E-state index contributed by atoms with van der Waals surface area (Å²) >= 11 is 0. The van der Waals surface area contributed by atoms with Crippen LogP contribution in [0.1, 0.15) is 27.0 Å². The van der Waals surface area contributed by atoms with Gasteiger partial charge in [0.15, 0.2) is 5.52 Å². The van der Waals surface area contributed by atoms with Gasteiger partial charge in [-0.3, -0.25) is 4.79 Å². The molecule has 0 aliphatic heterocycles. The highest BCUT2D eigenvalue weighted by Gasteiger charge is 2.15. The summed E-state index contributed by atoms with van der Waals surface area (Å²) in [6.45, 7) is 6.12. The predicted octanol–water partition coefficient (Wildman–Crippen LogP) is 4.29. The van der Waals surface area contributed by atoms with Crippen molar-refractivity contribution in [1.82, 2.24) is 0 Å². The highest BCUT2D eigenvalue weighted by molar-refractivity contribution is 7.41. The molecule has 0 aliphatic carbocycles. The van der Waals surface area contributed by atoms with E-state index in [2.05, 4.69) is 34.4 Å². The van der Waals surface area contributed by atoms with E-state index in [4.69, 9.17) is 0 Å². The molecule has 0 fully saturated rings. The molecule has 1 atom stereocenters. The van der Waals surface area contributed by atoms with Gasteiger partial charge in [-0.1, -0.05) is 45.6 Å². The molecule has 2 heteroatoms. The molecule has 0 saturated heterocycles. The normalized spacial score (nSPS) is 10.4. The minimum Gasteiger partial charge on any atom is -0.290 e. The van der Waals surface area contributed by atoms with E-state index in [1.54, 1.807) is 0 Å². The zero-order valence-corrected chi connectivity index (χ0v) is 12.1. The maximum Gasteiger partial charge on any atom is 0.178 e. The molecule has 2 aromatic rings. The van der Waals surface area contributed by atoms with Crippen molar-refractivity contribution in [1.29, 1.82) is 0 Å². The average Bonchev–Trinajstić information content (AvgIpc) is 2.28. The summed E-state index contributed by atoms with van der Waals surface area (Å²) in [6, 6.07) is 12.3. The molecule has 18 heavy (non-hydrogen) atoms. The van der Waals surface area contributed by atoms with Crippen LogP contribution in [0.2, 0.25) is 0 Å². The Morgan fingerprint density at radius 1 is 1.00 bits per heavy atom. The molecule has 0 aliphatic rings. The minimum atomic E-state index is 0.0576. The zero-order valence-electron chi connectivity index (χ0n) is 10.9. The maximum atomic E-state index is 11.7. The van der Waals surface area contributed by atoms with Gasteiger partial charge in [-0.15, -0.1) is 0 Å². The number of carbonyl (C=O) groups is 1. The first kappa shape index (κ1) is 13.0. The second-order valence-electron chi connectivity index (χ2n) is 4.62. The highest BCUT2D eigenvalue weighted by Crippen LogP contribution is 2.32. The Bertz CT molecular complexity index is 600. The molecule has 0 saturated carbocycles. The molecule has 0 spiro atoms. The third-order valence-corrected chi connectivity index (χ3v) is 3.57. The van der Waals surface area contributed by atoms with Crippen LogP contribution < -0.4 is 0 Å². The molecule has 0 heterocycles. The van der Waals surface area contributed by atoms with E-state index in [-0.39, 0.29) is 5.52 Å². The van der Waals surface area contributed by atoms with E-state index in [0.717, 1.165) is 16.7 Å². The Morgan fingerprint density at radius 3 is 2.17 bits per heavy atom. The minimum absolute atomic E-state index is 0.0576. The number of rotatable bonds is 2. The first-order valence-electron chi connectivity index (χ1n) is 5.98. The summed E-state index contributed by atoms with van der Waals surface area (Å²) in [5.74, 6) is 0. The van der Waals surface area contributed by atoms with Crippen LogP contribution in [0.25, 0.3) is 11.1 Å². The van der Waals surface area contributed by atoms with Crippen LogP contribution in [-0.4, -0.2) is 5.52 Å². The van der Waals surface area contributed by atoms with E-state index in [9.17, 15) is 4.79 Å². The van der Waals surface area contributed by atoms with Gasteiger partial charge in [0.05, 0.1) is 0 Å². The fourth-order valence-electron chi connectivity index (χ4n) is 2.61. The Balaban J connectivity index is 2.76. The van der Waals surface area contributed by atoms with Gasteiger partial charge in [-0.2, -0.15) is 0 Å². The highest BCUT2D eigenvalue weighted by atomic mass is 31.0. The SMILES string of the molecule is Cc1cc(C)c(-c2ccccc2)c(C)c1C(=O)P. The number of carbonyl (C=O) groups excluding carboxylic acids is 1. The molecule has 1 nitrogen and oxygen atoms in total. The quantitative estimate of drug-likeness (QED) is 0.732. The predicted molar refractivity (Wildman–Crippen MR) is 80.1 cm³/mol. The molecule has 2 rings (SSSR count). The van der Waals surface area contributed by atoms with Crippen LogP contribution >= 0.6 is 9.24 Å². The van der Waals surface area contributed by atoms with Gasteiger partial charge >= 0.3 is 0 Å². The Morgan fingerprint density at radius 2 is 1.61 bits per heavy atom. The summed E-state index contributed by atoms with van der Waals surface area (Å²) < 4.78 is 0. The lowest BCUT2D eigenvalue weighted by atomic mass is 9.90. The molecular formula is C16H17OP. The molecule has 0 bridgehead atoms. The summed E-state index contributed by atoms with van der Waals surface area (Å²) in [5.41, 5.74) is 6.55. The smallest absolute Gasteiger partial charge is 0.178 e. The lowest BCUT2D eigenvalue weighted by molar-refractivity contribution is 0.108. The Kier molecular flexibility index (Phi) is 3.63. The molecular weight excluding hydrogens is 239 g/mol. The van der Waals surface area contributed by atoms with Crippen LogP contribution in [0, 0.1) is 20.8 Å². The van der Waals surface area contributed by atoms with Crippen molar-refractivity contribution in [3.8, 4) is 11.1 Å². The fraction of sp³-hybridized carbons (Fsp3) is 0.188. The van der Waals surface area contributed by atoms with Gasteiger partial charge in [0, 0.05) is 5.56 Å². The van der Waals surface area contributed by atoms with Gasteiger partial charge in [0.1, 0.15) is 0 Å². The van der Waals surface area contributed by atoms with Crippen molar-refractivity contribution in [2.24, 2.45) is 0 Å². The molecule has 0 N–H and O–H groups in total. The van der Waals surface area contributed by atoms with Crippen LogP contribution in [-0.2, 0) is 0 Å². The largest absolute Gasteiger partial charge is 0.290 e. The Hall–Kier alpha value is -1.46. The van der Waals surface area contributed by atoms with Crippen LogP contribution in [0.15, 0.2) is 36.4 Å². The van der Waals surface area contributed by atoms with Crippen molar-refractivity contribution < 1.29 is 4.79 Å². The van der Waals surface area contributed by atoms with Crippen molar-refractivity contribution >= 4 is 14.8 Å². The van der Waals surface area contributed by atoms with Crippen molar-refractivity contribution in [2.75, 3.05) is 0 Å². The van der Waals surface area contributed by atoms with E-state index in [0.29, 0.717) is 0 Å². The van der Waals surface area contributed by atoms with Gasteiger partial charge in [-0.25, -0.2) is 0 Å². The average molecular weight is 256 g/mol. The van der Waals surface area contributed by atoms with Gasteiger partial charge in [0.2, 0.25) is 0 Å². The Labute approximate surface area is 110 Å². The molecule has 0 amide bonds. The molecule has 2 aromatic carbocycles. The van der Waals surface area contributed by atoms with Crippen LogP contribution in [0.5, 0.6) is 0 Å². The van der Waals surface area contributed by atoms with E-state index >= 15 is 0 Å². The lowest BCUT2D eigenvalue weighted by Crippen LogP contribution is -2.01. The van der Waals surface area contributed by atoms with Gasteiger partial charge in [0.25, 0.3) is 0 Å². The van der Waals surface area contributed by atoms with Crippen LogP contribution in [0.3, 0.4) is 0 Å². The topological polar surface area (TPSA) is 17.1 Å². The van der Waals surface area contributed by atoms with Gasteiger partial charge < -0.3 is 0 Å². The molecule has 0 radical (unpaired) electrons. The molecule has 1 unspecified atom stereocenters. The van der Waals surface area contributed by atoms with Crippen molar-refractivity contribution in [3.05, 3.63) is 58.7 Å². The summed E-state index contributed by atoms with van der Waals surface area (Å²) in [7, 11) is 2.28. The third-order valence-electron chi connectivity index (χ3n) is 3.28. The van der Waals surface area contributed by atoms with Crippen LogP contribution in [0.4, 0.5) is 0 Å². The first-order chi connectivity index (χ1) is 8.52. The third kappa shape index (κ3) is 2.23. The zero-order chi connectivity index (χ0) is 13.3. The van der Waals surface area contributed by atoms with Gasteiger partial charge in [-0.05, 0) is 48.6 Å². The second-order valence-corrected chi connectivity index (χ2v) is 5.14. The fourth-order valence-corrected chi connectivity index (χ4v) is 3.06. The monoisotopic (exact) mass is 256 g/mol. The second kappa shape index (κ2) is 5.04. The molecule has 0 aromatic heterocycles.